The number of hydrogen-bond donors (Lipinski definition) is 1. The predicted molar refractivity (Wildman–Crippen MR) is 205 cm³/mol. The highest BCUT2D eigenvalue weighted by Crippen LogP contribution is 2.42. The Labute approximate surface area is 316 Å². The topological polar surface area (TPSA) is 131 Å². The molecule has 5 rings (SSSR count). The van der Waals surface area contributed by atoms with Crippen molar-refractivity contribution in [3.63, 3.8) is 0 Å². The van der Waals surface area contributed by atoms with Gasteiger partial charge in [0.2, 0.25) is 17.6 Å². The van der Waals surface area contributed by atoms with E-state index in [1.165, 1.54) is 6.42 Å². The number of nitrogens with one attached hydrogen (secondary N) is 1. The average Bonchev–Trinajstić information content (AvgIpc) is 3.68. The maximum Gasteiger partial charge on any atom is 0.246 e. The van der Waals surface area contributed by atoms with E-state index in [-0.39, 0.29) is 55.4 Å². The molecular weight excluding hydrogens is 670 g/mol. The third-order valence-corrected chi connectivity index (χ3v) is 11.6. The van der Waals surface area contributed by atoms with Crippen LogP contribution in [0.5, 0.6) is 5.75 Å². The Hall–Kier alpha value is -3.56. The van der Waals surface area contributed by atoms with Crippen LogP contribution in [0.25, 0.3) is 0 Å². The lowest BCUT2D eigenvalue weighted by atomic mass is 9.83. The zero-order valence-corrected chi connectivity index (χ0v) is 33.5. The first-order chi connectivity index (χ1) is 25.0. The molecule has 1 aromatic rings. The first-order valence-electron chi connectivity index (χ1n) is 20.2. The molecule has 4 atom stereocenters. The maximum atomic E-state index is 14.8. The van der Waals surface area contributed by atoms with Crippen LogP contribution in [0.2, 0.25) is 0 Å². The minimum Gasteiger partial charge on any atom is -0.490 e. The summed E-state index contributed by atoms with van der Waals surface area (Å²) in [5.41, 5.74) is 1.98. The largest absolute Gasteiger partial charge is 0.490 e. The molecule has 0 unspecified atom stereocenters. The number of ketones is 3. The van der Waals surface area contributed by atoms with Gasteiger partial charge in [-0.25, -0.2) is 0 Å². The van der Waals surface area contributed by atoms with Crippen molar-refractivity contribution >= 4 is 34.9 Å². The summed E-state index contributed by atoms with van der Waals surface area (Å²) in [6.07, 6.45) is 9.57. The highest BCUT2D eigenvalue weighted by molar-refractivity contribution is 6.38. The number of oxime groups is 1. The lowest BCUT2D eigenvalue weighted by Crippen LogP contribution is -2.57. The highest BCUT2D eigenvalue weighted by Gasteiger charge is 2.55. The number of nitrogens with zero attached hydrogens (tertiary/aromatic N) is 2. The van der Waals surface area contributed by atoms with Crippen LogP contribution in [0, 0.1) is 37.0 Å². The molecular formula is C43H63N3O7. The van der Waals surface area contributed by atoms with Crippen LogP contribution in [0.15, 0.2) is 17.3 Å². The van der Waals surface area contributed by atoms with Gasteiger partial charge in [0.05, 0.1) is 24.4 Å². The molecule has 1 aromatic carbocycles. The van der Waals surface area contributed by atoms with Crippen molar-refractivity contribution in [3.05, 3.63) is 28.8 Å². The standard InChI is InChI=1S/C43H63N3O7/c1-9-13-31(38(50)36(48)20-30-16-17-30)22-35(47)34-24-43(23-33(45-53-43)32-18-27(4)39(28(5)19-32)52-26(2)3)25-46(34)41(51)40(42(6,7)8)44-37(49)21-29-14-11-10-12-15-29/h18-19,26,29-31,34,40H,9-17,20-25H2,1-8H3,(H,44,49)/t31-,34+,40-,43-/m1/s1. The molecule has 2 heterocycles. The van der Waals surface area contributed by atoms with Gasteiger partial charge in [-0.3, -0.25) is 24.0 Å². The number of hydrogen-bond acceptors (Lipinski definition) is 8. The number of aryl methyl sites for hydroxylation is 2. The predicted octanol–water partition coefficient (Wildman–Crippen LogP) is 7.37. The van der Waals surface area contributed by atoms with Gasteiger partial charge in [-0.15, -0.1) is 0 Å². The number of ether oxygens (including phenoxy) is 1. The molecule has 292 valence electrons. The van der Waals surface area contributed by atoms with Crippen LogP contribution < -0.4 is 10.1 Å². The number of benzene rings is 1. The summed E-state index contributed by atoms with van der Waals surface area (Å²) in [7, 11) is 0. The monoisotopic (exact) mass is 733 g/mol. The van der Waals surface area contributed by atoms with Gasteiger partial charge >= 0.3 is 0 Å². The Morgan fingerprint density at radius 3 is 2.21 bits per heavy atom. The SMILES string of the molecule is CCC[C@H](CC(=O)[C@@H]1C[C@]2(CC(c3cc(C)c(OC(C)C)c(C)c3)=NO2)CN1C(=O)[C@@H](NC(=O)CC1CCCCC1)C(C)(C)C)C(=O)C(=O)CC1CC1. The maximum absolute atomic E-state index is 14.8. The fraction of sp³-hybridized carbons (Fsp3) is 0.721. The van der Waals surface area contributed by atoms with Crippen molar-refractivity contribution in [3.8, 4) is 5.75 Å². The summed E-state index contributed by atoms with van der Waals surface area (Å²) in [5.74, 6) is -0.928. The molecule has 0 radical (unpaired) electrons. The summed E-state index contributed by atoms with van der Waals surface area (Å²) in [5, 5.41) is 7.62. The summed E-state index contributed by atoms with van der Waals surface area (Å²) in [4.78, 5) is 76.8. The molecule has 2 amide bonds. The number of Topliss-reactive ketones (excluding diaryl/α,β-unsaturated/α-hetero) is 3. The summed E-state index contributed by atoms with van der Waals surface area (Å²) in [6.45, 7) is 15.8. The number of rotatable bonds is 16. The van der Waals surface area contributed by atoms with E-state index in [1.54, 1.807) is 4.90 Å². The van der Waals surface area contributed by atoms with E-state index < -0.39 is 40.6 Å². The molecule has 2 saturated carbocycles. The Kier molecular flexibility index (Phi) is 12.9. The molecule has 1 saturated heterocycles. The van der Waals surface area contributed by atoms with E-state index >= 15 is 0 Å². The fourth-order valence-electron chi connectivity index (χ4n) is 8.53. The third-order valence-electron chi connectivity index (χ3n) is 11.6. The van der Waals surface area contributed by atoms with E-state index in [0.29, 0.717) is 31.6 Å². The van der Waals surface area contributed by atoms with Crippen LogP contribution in [-0.4, -0.2) is 70.1 Å². The second-order valence-electron chi connectivity index (χ2n) is 17.9. The fourth-order valence-corrected chi connectivity index (χ4v) is 8.53. The molecule has 2 aliphatic carbocycles. The number of carbonyl (C=O) groups is 5. The summed E-state index contributed by atoms with van der Waals surface area (Å²) in [6, 6.07) is 2.29. The van der Waals surface area contributed by atoms with E-state index in [4.69, 9.17) is 9.57 Å². The van der Waals surface area contributed by atoms with Gasteiger partial charge in [0, 0.05) is 43.6 Å². The summed E-state index contributed by atoms with van der Waals surface area (Å²) >= 11 is 0. The zero-order valence-electron chi connectivity index (χ0n) is 33.5. The highest BCUT2D eigenvalue weighted by atomic mass is 16.7. The van der Waals surface area contributed by atoms with Crippen molar-refractivity contribution in [2.45, 2.75) is 169 Å². The van der Waals surface area contributed by atoms with Gasteiger partial charge in [-0.1, -0.05) is 58.5 Å². The van der Waals surface area contributed by atoms with E-state index in [1.807, 2.05) is 67.5 Å². The number of likely N-dealkylation sites (tertiary alicyclic amines) is 1. The Balaban J connectivity index is 1.40. The Morgan fingerprint density at radius 2 is 1.62 bits per heavy atom. The van der Waals surface area contributed by atoms with Crippen molar-refractivity contribution in [1.29, 1.82) is 0 Å². The molecule has 4 aliphatic rings. The quantitative estimate of drug-likeness (QED) is 0.176. The van der Waals surface area contributed by atoms with Crippen LogP contribution >= 0.6 is 0 Å². The van der Waals surface area contributed by atoms with Gasteiger partial charge in [0.1, 0.15) is 11.8 Å². The van der Waals surface area contributed by atoms with Gasteiger partial charge in [0.15, 0.2) is 17.2 Å². The van der Waals surface area contributed by atoms with E-state index in [9.17, 15) is 24.0 Å². The second kappa shape index (κ2) is 16.8. The molecule has 10 nitrogen and oxygen atoms in total. The van der Waals surface area contributed by atoms with Gasteiger partial charge in [-0.2, -0.15) is 0 Å². The van der Waals surface area contributed by atoms with Gasteiger partial charge in [-0.05, 0) is 100 Å². The molecule has 1 spiro atoms. The zero-order chi connectivity index (χ0) is 38.7. The van der Waals surface area contributed by atoms with E-state index in [2.05, 4.69) is 10.5 Å². The normalized spacial score (nSPS) is 23.1. The molecule has 10 heteroatoms. The van der Waals surface area contributed by atoms with Crippen molar-refractivity contribution in [1.82, 2.24) is 10.2 Å². The van der Waals surface area contributed by atoms with Crippen molar-refractivity contribution in [2.24, 2.45) is 28.3 Å². The lowest BCUT2D eigenvalue weighted by Gasteiger charge is -2.36. The van der Waals surface area contributed by atoms with Crippen LogP contribution in [0.3, 0.4) is 0 Å². The van der Waals surface area contributed by atoms with Crippen LogP contribution in [0.1, 0.15) is 148 Å². The minimum absolute atomic E-state index is 0.0302. The van der Waals surface area contributed by atoms with Gasteiger partial charge in [0.25, 0.3) is 0 Å². The smallest absolute Gasteiger partial charge is 0.246 e. The van der Waals surface area contributed by atoms with E-state index in [0.717, 1.165) is 66.7 Å². The Bertz CT molecular complexity index is 1560. The first-order valence-corrected chi connectivity index (χ1v) is 20.2. The van der Waals surface area contributed by atoms with Crippen LogP contribution in [-0.2, 0) is 28.8 Å². The minimum atomic E-state index is -0.958. The van der Waals surface area contributed by atoms with Crippen LogP contribution in [0.4, 0.5) is 0 Å². The van der Waals surface area contributed by atoms with Gasteiger partial charge < -0.3 is 19.8 Å². The second-order valence-corrected chi connectivity index (χ2v) is 17.9. The van der Waals surface area contributed by atoms with Crippen molar-refractivity contribution in [2.75, 3.05) is 6.54 Å². The number of amides is 2. The molecule has 1 N–H and O–H groups in total. The number of carbonyl (C=O) groups excluding carboxylic acids is 5. The molecule has 53 heavy (non-hydrogen) atoms. The third kappa shape index (κ3) is 10.2. The van der Waals surface area contributed by atoms with Crippen molar-refractivity contribution < 1.29 is 33.5 Å². The molecule has 0 bridgehead atoms. The summed E-state index contributed by atoms with van der Waals surface area (Å²) < 4.78 is 6.06. The molecule has 3 fully saturated rings. The average molecular weight is 734 g/mol. The Morgan fingerprint density at radius 1 is 0.981 bits per heavy atom. The molecule has 0 aromatic heterocycles. The molecule has 2 aliphatic heterocycles. The lowest BCUT2D eigenvalue weighted by molar-refractivity contribution is -0.145. The first kappa shape index (κ1) is 40.6.